The van der Waals surface area contributed by atoms with Crippen molar-refractivity contribution in [3.8, 4) is 5.75 Å². The van der Waals surface area contributed by atoms with Gasteiger partial charge in [0.15, 0.2) is 11.3 Å². The summed E-state index contributed by atoms with van der Waals surface area (Å²) in [6, 6.07) is 1.86. The smallest absolute Gasteiger partial charge is 0.410 e. The first kappa shape index (κ1) is 17.8. The molecule has 3 rings (SSSR count). The number of methoxy groups -OCH3 is 1. The Labute approximate surface area is 151 Å². The standard InChI is InChI=1S/C17H23ClN4O3/c1-17(2,3)25-16(23)21-7-5-11(6-8-21)22-10-12-15(20-22)13(24-4)9-14(18)19-12/h9-11H,5-8H2,1-4H3. The van der Waals surface area contributed by atoms with Crippen molar-refractivity contribution in [2.45, 2.75) is 45.3 Å². The SMILES string of the molecule is COc1cc(Cl)nc2cn(C3CCN(C(=O)OC(C)(C)C)CC3)nc12. The molecule has 1 fully saturated rings. The number of pyridine rings is 1. The highest BCUT2D eigenvalue weighted by molar-refractivity contribution is 6.30. The molecule has 0 N–H and O–H groups in total. The van der Waals surface area contributed by atoms with Crippen LogP contribution < -0.4 is 4.74 Å². The molecule has 1 aliphatic rings. The van der Waals surface area contributed by atoms with Crippen LogP contribution in [0.3, 0.4) is 0 Å². The fourth-order valence-electron chi connectivity index (χ4n) is 2.95. The van der Waals surface area contributed by atoms with Gasteiger partial charge >= 0.3 is 6.09 Å². The molecule has 0 saturated carbocycles. The largest absolute Gasteiger partial charge is 0.494 e. The zero-order valence-corrected chi connectivity index (χ0v) is 15.7. The van der Waals surface area contributed by atoms with Crippen LogP contribution in [-0.2, 0) is 4.74 Å². The number of amides is 1. The van der Waals surface area contributed by atoms with E-state index in [1.807, 2.05) is 31.6 Å². The highest BCUT2D eigenvalue weighted by atomic mass is 35.5. The van der Waals surface area contributed by atoms with E-state index in [0.29, 0.717) is 35.0 Å². The summed E-state index contributed by atoms with van der Waals surface area (Å²) < 4.78 is 12.7. The van der Waals surface area contributed by atoms with Gasteiger partial charge in [-0.15, -0.1) is 0 Å². The maximum atomic E-state index is 12.2. The summed E-state index contributed by atoms with van der Waals surface area (Å²) in [5.74, 6) is 0.611. The van der Waals surface area contributed by atoms with Crippen LogP contribution in [0.15, 0.2) is 12.3 Å². The third-order valence-electron chi connectivity index (χ3n) is 4.13. The predicted molar refractivity (Wildman–Crippen MR) is 95.2 cm³/mol. The average molecular weight is 367 g/mol. The Morgan fingerprint density at radius 1 is 1.32 bits per heavy atom. The average Bonchev–Trinajstić information content (AvgIpc) is 2.96. The molecule has 3 heterocycles. The Balaban J connectivity index is 1.71. The van der Waals surface area contributed by atoms with Crippen LogP contribution in [0.1, 0.15) is 39.7 Å². The maximum Gasteiger partial charge on any atom is 0.410 e. The van der Waals surface area contributed by atoms with Gasteiger partial charge in [-0.1, -0.05) is 11.6 Å². The molecule has 1 amide bonds. The lowest BCUT2D eigenvalue weighted by atomic mass is 10.1. The van der Waals surface area contributed by atoms with E-state index in [-0.39, 0.29) is 12.1 Å². The lowest BCUT2D eigenvalue weighted by molar-refractivity contribution is 0.0185. The predicted octanol–water partition coefficient (Wildman–Crippen LogP) is 3.67. The number of hydrogen-bond donors (Lipinski definition) is 0. The van der Waals surface area contributed by atoms with Crippen LogP contribution in [0.25, 0.3) is 11.0 Å². The molecule has 0 bridgehead atoms. The molecule has 25 heavy (non-hydrogen) atoms. The van der Waals surface area contributed by atoms with Gasteiger partial charge in [0.2, 0.25) is 0 Å². The van der Waals surface area contributed by atoms with Crippen molar-refractivity contribution in [1.29, 1.82) is 0 Å². The first-order valence-corrected chi connectivity index (χ1v) is 8.72. The lowest BCUT2D eigenvalue weighted by Gasteiger charge is -2.33. The highest BCUT2D eigenvalue weighted by Gasteiger charge is 2.28. The summed E-state index contributed by atoms with van der Waals surface area (Å²) in [6.45, 7) is 6.90. The van der Waals surface area contributed by atoms with Crippen LogP contribution in [0.4, 0.5) is 4.79 Å². The topological polar surface area (TPSA) is 69.5 Å². The Morgan fingerprint density at radius 2 is 2.00 bits per heavy atom. The van der Waals surface area contributed by atoms with E-state index in [1.54, 1.807) is 18.1 Å². The first-order chi connectivity index (χ1) is 11.8. The van der Waals surface area contributed by atoms with E-state index >= 15 is 0 Å². The third-order valence-corrected chi connectivity index (χ3v) is 4.33. The summed E-state index contributed by atoms with van der Waals surface area (Å²) in [4.78, 5) is 18.2. The number of halogens is 1. The molecule has 0 aromatic carbocycles. The first-order valence-electron chi connectivity index (χ1n) is 8.34. The second-order valence-corrected chi connectivity index (χ2v) is 7.58. The van der Waals surface area contributed by atoms with Gasteiger partial charge in [-0.25, -0.2) is 9.78 Å². The van der Waals surface area contributed by atoms with Crippen molar-refractivity contribution in [2.75, 3.05) is 20.2 Å². The molecule has 0 spiro atoms. The van der Waals surface area contributed by atoms with Gasteiger partial charge in [0.25, 0.3) is 0 Å². The number of ether oxygens (including phenoxy) is 2. The number of aromatic nitrogens is 3. The number of carbonyl (C=O) groups excluding carboxylic acids is 1. The van der Waals surface area contributed by atoms with Gasteiger partial charge < -0.3 is 14.4 Å². The molecule has 0 radical (unpaired) electrons. The third kappa shape index (κ3) is 3.98. The molecule has 1 saturated heterocycles. The van der Waals surface area contributed by atoms with Gasteiger partial charge in [-0.05, 0) is 33.6 Å². The molecule has 2 aromatic heterocycles. The van der Waals surface area contributed by atoms with E-state index < -0.39 is 5.60 Å². The van der Waals surface area contributed by atoms with Crippen molar-refractivity contribution in [1.82, 2.24) is 19.7 Å². The second kappa shape index (κ2) is 6.71. The molecule has 0 unspecified atom stereocenters. The fraction of sp³-hybridized carbons (Fsp3) is 0.588. The number of carbonyl (C=O) groups is 1. The number of nitrogens with zero attached hydrogens (tertiary/aromatic N) is 4. The monoisotopic (exact) mass is 366 g/mol. The zero-order chi connectivity index (χ0) is 18.2. The van der Waals surface area contributed by atoms with Crippen LogP contribution in [0.5, 0.6) is 5.75 Å². The minimum absolute atomic E-state index is 0.205. The number of piperidine rings is 1. The minimum Gasteiger partial charge on any atom is -0.494 e. The van der Waals surface area contributed by atoms with Gasteiger partial charge in [-0.3, -0.25) is 4.68 Å². The molecule has 1 aliphatic heterocycles. The van der Waals surface area contributed by atoms with Gasteiger partial charge in [0.1, 0.15) is 16.3 Å². The summed E-state index contributed by atoms with van der Waals surface area (Å²) in [5, 5.41) is 4.99. The van der Waals surface area contributed by atoms with E-state index in [4.69, 9.17) is 21.1 Å². The number of likely N-dealkylation sites (tertiary alicyclic amines) is 1. The Hall–Kier alpha value is -2.02. The molecule has 7 nitrogen and oxygen atoms in total. The van der Waals surface area contributed by atoms with E-state index in [1.165, 1.54) is 0 Å². The molecule has 0 aliphatic carbocycles. The van der Waals surface area contributed by atoms with Crippen molar-refractivity contribution in [2.24, 2.45) is 0 Å². The Bertz CT molecular complexity index is 776. The zero-order valence-electron chi connectivity index (χ0n) is 15.0. The highest BCUT2D eigenvalue weighted by Crippen LogP contribution is 2.29. The molecule has 136 valence electrons. The van der Waals surface area contributed by atoms with Crippen LogP contribution in [0.2, 0.25) is 5.15 Å². The van der Waals surface area contributed by atoms with E-state index in [2.05, 4.69) is 10.1 Å². The van der Waals surface area contributed by atoms with Crippen molar-refractivity contribution in [3.05, 3.63) is 17.4 Å². The quantitative estimate of drug-likeness (QED) is 0.758. The second-order valence-electron chi connectivity index (χ2n) is 7.19. The van der Waals surface area contributed by atoms with Gasteiger partial charge in [0.05, 0.1) is 19.3 Å². The number of hydrogen-bond acceptors (Lipinski definition) is 5. The number of rotatable bonds is 2. The van der Waals surface area contributed by atoms with Crippen LogP contribution in [0, 0.1) is 0 Å². The minimum atomic E-state index is -0.477. The normalized spacial score (nSPS) is 16.3. The summed E-state index contributed by atoms with van der Waals surface area (Å²) in [7, 11) is 1.59. The van der Waals surface area contributed by atoms with Gasteiger partial charge in [0, 0.05) is 19.2 Å². The van der Waals surface area contributed by atoms with Crippen LogP contribution in [-0.4, -0.2) is 51.6 Å². The Morgan fingerprint density at radius 3 is 2.60 bits per heavy atom. The molecular formula is C17H23ClN4O3. The summed E-state index contributed by atoms with van der Waals surface area (Å²) in [6.07, 6.45) is 3.25. The molecule has 8 heteroatoms. The maximum absolute atomic E-state index is 12.2. The summed E-state index contributed by atoms with van der Waals surface area (Å²) >= 11 is 6.02. The fourth-order valence-corrected chi connectivity index (χ4v) is 3.14. The lowest BCUT2D eigenvalue weighted by Crippen LogP contribution is -2.42. The molecular weight excluding hydrogens is 344 g/mol. The molecule has 2 aromatic rings. The van der Waals surface area contributed by atoms with E-state index in [0.717, 1.165) is 12.8 Å². The summed E-state index contributed by atoms with van der Waals surface area (Å²) in [5.41, 5.74) is 0.926. The van der Waals surface area contributed by atoms with Crippen molar-refractivity contribution in [3.63, 3.8) is 0 Å². The number of fused-ring (bicyclic) bond motifs is 1. The van der Waals surface area contributed by atoms with Crippen molar-refractivity contribution >= 4 is 28.7 Å². The van der Waals surface area contributed by atoms with E-state index in [9.17, 15) is 4.79 Å². The van der Waals surface area contributed by atoms with Gasteiger partial charge in [-0.2, -0.15) is 5.10 Å². The molecule has 0 atom stereocenters. The Kier molecular flexibility index (Phi) is 4.77. The van der Waals surface area contributed by atoms with Crippen molar-refractivity contribution < 1.29 is 14.3 Å². The van der Waals surface area contributed by atoms with Crippen LogP contribution >= 0.6 is 11.6 Å².